The van der Waals surface area contributed by atoms with Gasteiger partial charge in [0, 0.05) is 22.5 Å². The molecule has 7 nitrogen and oxygen atoms in total. The number of nitrogens with two attached hydrogens (primary N) is 1. The number of benzene rings is 1. The van der Waals surface area contributed by atoms with E-state index in [1.54, 1.807) is 18.2 Å². The monoisotopic (exact) mass is 332 g/mol. The van der Waals surface area contributed by atoms with E-state index in [1.165, 1.54) is 24.4 Å². The van der Waals surface area contributed by atoms with Crippen molar-refractivity contribution in [2.75, 3.05) is 11.9 Å². The Morgan fingerprint density at radius 3 is 2.43 bits per heavy atom. The zero-order chi connectivity index (χ0) is 16.8. The fourth-order valence-electron chi connectivity index (χ4n) is 1.70. The molecule has 2 rings (SSSR count). The first kappa shape index (κ1) is 16.4. The van der Waals surface area contributed by atoms with Crippen LogP contribution in [0.4, 0.5) is 5.69 Å². The summed E-state index contributed by atoms with van der Waals surface area (Å²) in [4.78, 5) is 38.4. The Kier molecular flexibility index (Phi) is 5.27. The number of nitrogens with one attached hydrogen (secondary N) is 2. The third-order valence-corrected chi connectivity index (χ3v) is 3.05. The summed E-state index contributed by atoms with van der Waals surface area (Å²) in [6.07, 6.45) is 1.40. The number of nitrogens with zero attached hydrogens (tertiary/aromatic N) is 1. The molecule has 0 saturated carbocycles. The molecule has 3 amide bonds. The third-order valence-electron chi connectivity index (χ3n) is 2.82. The largest absolute Gasteiger partial charge is 0.366 e. The molecule has 8 heteroatoms. The third kappa shape index (κ3) is 4.79. The Hall–Kier alpha value is -2.93. The van der Waals surface area contributed by atoms with Gasteiger partial charge in [-0.15, -0.1) is 0 Å². The van der Waals surface area contributed by atoms with Gasteiger partial charge in [-0.3, -0.25) is 19.4 Å². The van der Waals surface area contributed by atoms with Crippen LogP contribution in [0.2, 0.25) is 5.02 Å². The van der Waals surface area contributed by atoms with E-state index in [2.05, 4.69) is 15.6 Å². The Bertz CT molecular complexity index is 747. The van der Waals surface area contributed by atoms with Crippen LogP contribution >= 0.6 is 11.6 Å². The number of rotatable bonds is 5. The minimum atomic E-state index is -0.552. The number of anilines is 1. The predicted octanol–water partition coefficient (Wildman–Crippen LogP) is 1.20. The van der Waals surface area contributed by atoms with Crippen molar-refractivity contribution in [3.63, 3.8) is 0 Å². The van der Waals surface area contributed by atoms with Gasteiger partial charge in [-0.25, -0.2) is 0 Å². The summed E-state index contributed by atoms with van der Waals surface area (Å²) in [7, 11) is 0. The molecule has 1 heterocycles. The molecule has 118 valence electrons. The highest BCUT2D eigenvalue weighted by atomic mass is 35.5. The lowest BCUT2D eigenvalue weighted by Gasteiger charge is -2.07. The minimum absolute atomic E-state index is 0.121. The molecule has 0 aliphatic heterocycles. The smallest absolute Gasteiger partial charge is 0.270 e. The van der Waals surface area contributed by atoms with Crippen molar-refractivity contribution < 1.29 is 14.4 Å². The molecular weight excluding hydrogens is 320 g/mol. The number of hydrogen-bond acceptors (Lipinski definition) is 4. The lowest BCUT2D eigenvalue weighted by atomic mass is 10.2. The van der Waals surface area contributed by atoms with Crippen molar-refractivity contribution in [1.29, 1.82) is 0 Å². The molecule has 4 N–H and O–H groups in total. The average molecular weight is 333 g/mol. The van der Waals surface area contributed by atoms with Gasteiger partial charge < -0.3 is 16.4 Å². The van der Waals surface area contributed by atoms with Gasteiger partial charge in [0.05, 0.1) is 6.54 Å². The zero-order valence-corrected chi connectivity index (χ0v) is 12.6. The van der Waals surface area contributed by atoms with Gasteiger partial charge in [0.2, 0.25) is 11.8 Å². The zero-order valence-electron chi connectivity index (χ0n) is 11.9. The van der Waals surface area contributed by atoms with Crippen LogP contribution < -0.4 is 16.4 Å². The number of primary amides is 1. The average Bonchev–Trinajstić information content (AvgIpc) is 2.53. The van der Waals surface area contributed by atoms with E-state index in [-0.39, 0.29) is 12.2 Å². The van der Waals surface area contributed by atoms with Crippen molar-refractivity contribution in [3.8, 4) is 0 Å². The summed E-state index contributed by atoms with van der Waals surface area (Å²) in [5, 5.41) is 5.38. The van der Waals surface area contributed by atoms with E-state index in [9.17, 15) is 14.4 Å². The first-order chi connectivity index (χ1) is 11.0. The fraction of sp³-hybridized carbons (Fsp3) is 0.0667. The Balaban J connectivity index is 1.87. The van der Waals surface area contributed by atoms with Crippen molar-refractivity contribution in [1.82, 2.24) is 10.3 Å². The molecule has 0 saturated heterocycles. The van der Waals surface area contributed by atoms with Crippen LogP contribution in [0.3, 0.4) is 0 Å². The topological polar surface area (TPSA) is 114 Å². The number of amides is 3. The summed E-state index contributed by atoms with van der Waals surface area (Å²) >= 11 is 5.76. The van der Waals surface area contributed by atoms with Gasteiger partial charge in [-0.2, -0.15) is 0 Å². The van der Waals surface area contributed by atoms with Crippen LogP contribution in [0.5, 0.6) is 0 Å². The summed E-state index contributed by atoms with van der Waals surface area (Å²) in [5.41, 5.74) is 6.06. The maximum Gasteiger partial charge on any atom is 0.270 e. The number of carbonyl (C=O) groups is 3. The van der Waals surface area contributed by atoms with E-state index in [4.69, 9.17) is 17.3 Å². The van der Waals surface area contributed by atoms with Gasteiger partial charge >= 0.3 is 0 Å². The highest BCUT2D eigenvalue weighted by Crippen LogP contribution is 2.09. The molecule has 23 heavy (non-hydrogen) atoms. The number of hydrogen-bond donors (Lipinski definition) is 3. The molecule has 1 aromatic heterocycles. The summed E-state index contributed by atoms with van der Waals surface area (Å²) in [6.45, 7) is -0.232. The first-order valence-electron chi connectivity index (χ1n) is 6.55. The molecule has 0 fully saturated rings. The van der Waals surface area contributed by atoms with E-state index in [1.807, 2.05) is 0 Å². The fourth-order valence-corrected chi connectivity index (χ4v) is 1.86. The van der Waals surface area contributed by atoms with E-state index >= 15 is 0 Å². The predicted molar refractivity (Wildman–Crippen MR) is 85.2 cm³/mol. The lowest BCUT2D eigenvalue weighted by molar-refractivity contribution is -0.115. The molecule has 1 aromatic carbocycles. The highest BCUT2D eigenvalue weighted by molar-refractivity contribution is 6.30. The molecule has 2 aromatic rings. The quantitative estimate of drug-likeness (QED) is 0.763. The van der Waals surface area contributed by atoms with Crippen molar-refractivity contribution >= 4 is 35.0 Å². The molecule has 0 bridgehead atoms. The highest BCUT2D eigenvalue weighted by Gasteiger charge is 2.10. The van der Waals surface area contributed by atoms with Gasteiger partial charge in [-0.05, 0) is 36.4 Å². The van der Waals surface area contributed by atoms with Crippen LogP contribution in [0.15, 0.2) is 42.6 Å². The van der Waals surface area contributed by atoms with Gasteiger partial charge in [0.1, 0.15) is 5.69 Å². The van der Waals surface area contributed by atoms with Crippen LogP contribution in [0, 0.1) is 0 Å². The summed E-state index contributed by atoms with van der Waals surface area (Å²) in [6, 6.07) is 9.01. The molecule has 0 aliphatic carbocycles. The molecule has 0 atom stereocenters. The standard InChI is InChI=1S/C15H13ClN4O3/c16-10-5-6-18-12(7-10)15(23)19-8-13(21)20-11-3-1-9(2-4-11)14(17)22/h1-7H,8H2,(H2,17,22)(H,19,23)(H,20,21). The van der Waals surface area contributed by atoms with Gasteiger partial charge in [0.15, 0.2) is 0 Å². The lowest BCUT2D eigenvalue weighted by Crippen LogP contribution is -2.33. The maximum absolute atomic E-state index is 11.8. The molecule has 0 spiro atoms. The second kappa shape index (κ2) is 7.37. The minimum Gasteiger partial charge on any atom is -0.366 e. The second-order valence-electron chi connectivity index (χ2n) is 4.53. The summed E-state index contributed by atoms with van der Waals surface area (Å²) < 4.78 is 0. The van der Waals surface area contributed by atoms with Crippen LogP contribution in [-0.4, -0.2) is 29.3 Å². The van der Waals surface area contributed by atoms with E-state index in [0.717, 1.165) is 0 Å². The van der Waals surface area contributed by atoms with Crippen LogP contribution in [0.1, 0.15) is 20.8 Å². The van der Waals surface area contributed by atoms with Crippen molar-refractivity contribution in [3.05, 3.63) is 58.9 Å². The first-order valence-corrected chi connectivity index (χ1v) is 6.93. The normalized spacial score (nSPS) is 9.96. The SMILES string of the molecule is NC(=O)c1ccc(NC(=O)CNC(=O)c2cc(Cl)ccn2)cc1. The van der Waals surface area contributed by atoms with Gasteiger partial charge in [-0.1, -0.05) is 11.6 Å². The Morgan fingerprint density at radius 1 is 1.13 bits per heavy atom. The summed E-state index contributed by atoms with van der Waals surface area (Å²) in [5.74, 6) is -1.48. The molecule has 0 unspecified atom stereocenters. The Labute approximate surface area is 136 Å². The van der Waals surface area contributed by atoms with Gasteiger partial charge in [0.25, 0.3) is 5.91 Å². The van der Waals surface area contributed by atoms with Crippen molar-refractivity contribution in [2.45, 2.75) is 0 Å². The Morgan fingerprint density at radius 2 is 1.83 bits per heavy atom. The number of carbonyl (C=O) groups excluding carboxylic acids is 3. The van der Waals surface area contributed by atoms with E-state index < -0.39 is 17.7 Å². The van der Waals surface area contributed by atoms with E-state index in [0.29, 0.717) is 16.3 Å². The number of pyridine rings is 1. The van der Waals surface area contributed by atoms with Crippen LogP contribution in [-0.2, 0) is 4.79 Å². The molecule has 0 aliphatic rings. The molecule has 0 radical (unpaired) electrons. The molecular formula is C15H13ClN4O3. The van der Waals surface area contributed by atoms with Crippen molar-refractivity contribution in [2.24, 2.45) is 5.73 Å². The number of aromatic nitrogens is 1. The second-order valence-corrected chi connectivity index (χ2v) is 4.97. The number of halogens is 1. The van der Waals surface area contributed by atoms with Crippen LogP contribution in [0.25, 0.3) is 0 Å². The maximum atomic E-state index is 11.8.